The third-order valence-corrected chi connectivity index (χ3v) is 4.32. The van der Waals surface area contributed by atoms with Crippen molar-refractivity contribution in [2.24, 2.45) is 5.73 Å². The largest absolute Gasteiger partial charge is 0.339 e. The molecule has 0 unspecified atom stereocenters. The standard InChI is InChI=1S/C17H23N3O/c18-13-7-2-1-6-10-15-19-16(20-21-15)17(11-12-17)14-8-4-3-5-9-14/h3-5,8-9H,1-2,6-7,10-13,18H2. The molecule has 1 aliphatic carbocycles. The summed E-state index contributed by atoms with van der Waals surface area (Å²) in [5.41, 5.74) is 6.82. The van der Waals surface area contributed by atoms with Crippen molar-refractivity contribution in [1.29, 1.82) is 0 Å². The number of nitrogens with zero attached hydrogens (tertiary/aromatic N) is 2. The highest BCUT2D eigenvalue weighted by Gasteiger charge is 2.49. The quantitative estimate of drug-likeness (QED) is 0.756. The Labute approximate surface area is 125 Å². The third kappa shape index (κ3) is 3.16. The maximum Gasteiger partial charge on any atom is 0.226 e. The van der Waals surface area contributed by atoms with Gasteiger partial charge in [-0.05, 0) is 37.8 Å². The van der Waals surface area contributed by atoms with Gasteiger partial charge in [-0.15, -0.1) is 0 Å². The summed E-state index contributed by atoms with van der Waals surface area (Å²) in [6.45, 7) is 0.782. The van der Waals surface area contributed by atoms with Crippen molar-refractivity contribution in [1.82, 2.24) is 10.1 Å². The van der Waals surface area contributed by atoms with Crippen molar-refractivity contribution < 1.29 is 4.52 Å². The summed E-state index contributed by atoms with van der Waals surface area (Å²) >= 11 is 0. The number of hydrogen-bond acceptors (Lipinski definition) is 4. The highest BCUT2D eigenvalue weighted by Crippen LogP contribution is 2.52. The molecular weight excluding hydrogens is 262 g/mol. The Bertz CT molecular complexity index is 560. The van der Waals surface area contributed by atoms with Crippen LogP contribution in [0, 0.1) is 0 Å². The van der Waals surface area contributed by atoms with Crippen molar-refractivity contribution in [3.63, 3.8) is 0 Å². The lowest BCUT2D eigenvalue weighted by Gasteiger charge is -2.09. The molecule has 0 amide bonds. The van der Waals surface area contributed by atoms with E-state index >= 15 is 0 Å². The zero-order valence-electron chi connectivity index (χ0n) is 12.4. The summed E-state index contributed by atoms with van der Waals surface area (Å²) in [6, 6.07) is 10.5. The van der Waals surface area contributed by atoms with Crippen LogP contribution in [0.25, 0.3) is 0 Å². The molecule has 21 heavy (non-hydrogen) atoms. The smallest absolute Gasteiger partial charge is 0.226 e. The molecule has 4 nitrogen and oxygen atoms in total. The zero-order chi connectivity index (χ0) is 14.5. The first-order chi connectivity index (χ1) is 10.3. The summed E-state index contributed by atoms with van der Waals surface area (Å²) in [4.78, 5) is 4.64. The second-order valence-corrected chi connectivity index (χ2v) is 5.91. The molecule has 1 saturated carbocycles. The van der Waals surface area contributed by atoms with Gasteiger partial charge in [0.1, 0.15) is 0 Å². The molecule has 1 fully saturated rings. The molecule has 3 rings (SSSR count). The molecule has 0 spiro atoms. The molecule has 112 valence electrons. The Morgan fingerprint density at radius 1 is 1.05 bits per heavy atom. The molecule has 0 atom stereocenters. The van der Waals surface area contributed by atoms with Gasteiger partial charge in [-0.3, -0.25) is 0 Å². The second-order valence-electron chi connectivity index (χ2n) is 5.91. The highest BCUT2D eigenvalue weighted by molar-refractivity contribution is 5.38. The minimum Gasteiger partial charge on any atom is -0.339 e. The topological polar surface area (TPSA) is 64.9 Å². The van der Waals surface area contributed by atoms with E-state index in [-0.39, 0.29) is 5.41 Å². The average Bonchev–Trinajstić information content (AvgIpc) is 3.21. The molecule has 1 aliphatic rings. The van der Waals surface area contributed by atoms with Crippen molar-refractivity contribution in [2.75, 3.05) is 6.54 Å². The van der Waals surface area contributed by atoms with Crippen LogP contribution in [-0.2, 0) is 11.8 Å². The maximum atomic E-state index is 5.49. The van der Waals surface area contributed by atoms with Gasteiger partial charge < -0.3 is 10.3 Å². The van der Waals surface area contributed by atoms with Crippen LogP contribution in [0.15, 0.2) is 34.9 Å². The van der Waals surface area contributed by atoms with Gasteiger partial charge in [0.15, 0.2) is 5.82 Å². The molecule has 0 aliphatic heterocycles. The second kappa shape index (κ2) is 6.39. The van der Waals surface area contributed by atoms with Crippen molar-refractivity contribution in [3.8, 4) is 0 Å². The summed E-state index contributed by atoms with van der Waals surface area (Å²) < 4.78 is 5.43. The van der Waals surface area contributed by atoms with E-state index in [1.54, 1.807) is 0 Å². The molecule has 2 N–H and O–H groups in total. The van der Waals surface area contributed by atoms with Crippen molar-refractivity contribution in [2.45, 2.75) is 50.4 Å². The van der Waals surface area contributed by atoms with Crippen LogP contribution < -0.4 is 5.73 Å². The van der Waals surface area contributed by atoms with Crippen LogP contribution in [-0.4, -0.2) is 16.7 Å². The zero-order valence-corrected chi connectivity index (χ0v) is 12.4. The highest BCUT2D eigenvalue weighted by atomic mass is 16.5. The van der Waals surface area contributed by atoms with Crippen LogP contribution >= 0.6 is 0 Å². The van der Waals surface area contributed by atoms with Gasteiger partial charge in [0.05, 0.1) is 5.41 Å². The van der Waals surface area contributed by atoms with Crippen LogP contribution in [0.2, 0.25) is 0 Å². The van der Waals surface area contributed by atoms with Crippen LogP contribution in [0.5, 0.6) is 0 Å². The molecule has 1 heterocycles. The molecule has 1 aromatic carbocycles. The predicted molar refractivity (Wildman–Crippen MR) is 82.0 cm³/mol. The number of hydrogen-bond donors (Lipinski definition) is 1. The lowest BCUT2D eigenvalue weighted by Crippen LogP contribution is -2.10. The van der Waals surface area contributed by atoms with Gasteiger partial charge in [-0.25, -0.2) is 0 Å². The minimum atomic E-state index is 0.0164. The SMILES string of the molecule is NCCCCCCc1nc(C2(c3ccccc3)CC2)no1. The van der Waals surface area contributed by atoms with E-state index < -0.39 is 0 Å². The van der Waals surface area contributed by atoms with E-state index in [4.69, 9.17) is 10.3 Å². The number of unbranched alkanes of at least 4 members (excludes halogenated alkanes) is 3. The van der Waals surface area contributed by atoms with Gasteiger partial charge in [-0.2, -0.15) is 4.98 Å². The van der Waals surface area contributed by atoms with E-state index in [1.807, 2.05) is 6.07 Å². The van der Waals surface area contributed by atoms with E-state index in [0.717, 1.165) is 50.4 Å². The third-order valence-electron chi connectivity index (χ3n) is 4.32. The minimum absolute atomic E-state index is 0.0164. The van der Waals surface area contributed by atoms with Gasteiger partial charge in [0.2, 0.25) is 5.89 Å². The Morgan fingerprint density at radius 3 is 2.52 bits per heavy atom. The summed E-state index contributed by atoms with van der Waals surface area (Å²) in [7, 11) is 0. The Balaban J connectivity index is 1.60. The lowest BCUT2D eigenvalue weighted by atomic mass is 9.95. The van der Waals surface area contributed by atoms with Crippen LogP contribution in [0.4, 0.5) is 0 Å². The molecule has 0 bridgehead atoms. The molecule has 4 heteroatoms. The monoisotopic (exact) mass is 285 g/mol. The Hall–Kier alpha value is -1.68. The summed E-state index contributed by atoms with van der Waals surface area (Å²) in [5.74, 6) is 1.64. The van der Waals surface area contributed by atoms with E-state index in [1.165, 1.54) is 18.4 Å². The van der Waals surface area contributed by atoms with Gasteiger partial charge in [0, 0.05) is 6.42 Å². The van der Waals surface area contributed by atoms with E-state index in [2.05, 4.69) is 34.4 Å². The number of aromatic nitrogens is 2. The number of benzene rings is 1. The fourth-order valence-corrected chi connectivity index (χ4v) is 2.85. The van der Waals surface area contributed by atoms with Crippen LogP contribution in [0.3, 0.4) is 0 Å². The Morgan fingerprint density at radius 2 is 1.81 bits per heavy atom. The van der Waals surface area contributed by atoms with E-state index in [0.29, 0.717) is 0 Å². The van der Waals surface area contributed by atoms with Gasteiger partial charge >= 0.3 is 0 Å². The predicted octanol–water partition coefficient (Wildman–Crippen LogP) is 3.21. The fraction of sp³-hybridized carbons (Fsp3) is 0.529. The van der Waals surface area contributed by atoms with Crippen molar-refractivity contribution in [3.05, 3.63) is 47.6 Å². The summed E-state index contributed by atoms with van der Waals surface area (Å²) in [6.07, 6.45) is 7.68. The average molecular weight is 285 g/mol. The lowest BCUT2D eigenvalue weighted by molar-refractivity contribution is 0.366. The number of nitrogens with two attached hydrogens (primary N) is 1. The molecule has 1 aromatic heterocycles. The summed E-state index contributed by atoms with van der Waals surface area (Å²) in [5, 5.41) is 4.24. The van der Waals surface area contributed by atoms with Gasteiger partial charge in [-0.1, -0.05) is 48.3 Å². The molecule has 0 radical (unpaired) electrons. The fourth-order valence-electron chi connectivity index (χ4n) is 2.85. The first-order valence-electron chi connectivity index (χ1n) is 7.94. The van der Waals surface area contributed by atoms with Crippen LogP contribution in [0.1, 0.15) is 55.8 Å². The molecule has 2 aromatic rings. The molecular formula is C17H23N3O. The number of rotatable bonds is 8. The first-order valence-corrected chi connectivity index (χ1v) is 7.94. The normalized spacial score (nSPS) is 16.0. The maximum absolute atomic E-state index is 5.49. The van der Waals surface area contributed by atoms with Crippen molar-refractivity contribution >= 4 is 0 Å². The van der Waals surface area contributed by atoms with E-state index in [9.17, 15) is 0 Å². The molecule has 0 saturated heterocycles. The Kier molecular flexibility index (Phi) is 4.34. The first kappa shape index (κ1) is 14.3. The number of aryl methyl sites for hydroxylation is 1. The van der Waals surface area contributed by atoms with Gasteiger partial charge in [0.25, 0.3) is 0 Å².